The summed E-state index contributed by atoms with van der Waals surface area (Å²) in [6.45, 7) is 1.53. The Balaban J connectivity index is 2.27. The molecule has 0 aliphatic carbocycles. The number of ether oxygens (including phenoxy) is 2. The maximum absolute atomic E-state index is 12.8. The summed E-state index contributed by atoms with van der Waals surface area (Å²) < 4.78 is 34.2. The van der Waals surface area contributed by atoms with E-state index in [1.807, 2.05) is 0 Å². The van der Waals surface area contributed by atoms with Crippen LogP contribution in [-0.2, 0) is 0 Å². The summed E-state index contributed by atoms with van der Waals surface area (Å²) in [7, 11) is 0. The van der Waals surface area contributed by atoms with Crippen molar-refractivity contribution in [3.8, 4) is 11.5 Å². The van der Waals surface area contributed by atoms with Crippen LogP contribution >= 0.6 is 0 Å². The minimum atomic E-state index is -3.67. The van der Waals surface area contributed by atoms with Gasteiger partial charge in [0.25, 0.3) is 5.56 Å². The monoisotopic (exact) mass is 240 g/mol. The summed E-state index contributed by atoms with van der Waals surface area (Å²) >= 11 is 0. The van der Waals surface area contributed by atoms with Gasteiger partial charge in [-0.1, -0.05) is 0 Å². The summed E-state index contributed by atoms with van der Waals surface area (Å²) in [5.74, 6) is -0.217. The van der Waals surface area contributed by atoms with Gasteiger partial charge in [-0.2, -0.15) is 0 Å². The smallest absolute Gasteiger partial charge is 0.395 e. The van der Waals surface area contributed by atoms with E-state index < -0.39 is 6.29 Å². The Labute approximate surface area is 93.0 Å². The molecule has 1 N–H and O–H groups in total. The normalized spacial score (nSPS) is 16.4. The molecule has 0 fully saturated rings. The fraction of sp³-hybridized carbons (Fsp3) is 0.200. The Hall–Kier alpha value is -2.18. The van der Waals surface area contributed by atoms with Crippen LogP contribution in [0.25, 0.3) is 11.0 Å². The molecule has 1 aliphatic heterocycles. The lowest BCUT2D eigenvalue weighted by molar-refractivity contribution is -0.286. The second kappa shape index (κ2) is 2.93. The molecule has 0 unspecified atom stereocenters. The van der Waals surface area contributed by atoms with Crippen LogP contribution in [0.1, 0.15) is 5.69 Å². The molecule has 3 rings (SSSR count). The first-order chi connectivity index (χ1) is 7.94. The van der Waals surface area contributed by atoms with E-state index in [1.165, 1.54) is 19.1 Å². The topological polar surface area (TPSA) is 64.2 Å². The summed E-state index contributed by atoms with van der Waals surface area (Å²) in [6.07, 6.45) is -3.67. The van der Waals surface area contributed by atoms with Crippen LogP contribution in [0.2, 0.25) is 0 Å². The third kappa shape index (κ3) is 1.50. The van der Waals surface area contributed by atoms with Gasteiger partial charge in [0.2, 0.25) is 0 Å². The largest absolute Gasteiger partial charge is 0.586 e. The van der Waals surface area contributed by atoms with Crippen molar-refractivity contribution in [3.63, 3.8) is 0 Å². The van der Waals surface area contributed by atoms with Gasteiger partial charge < -0.3 is 14.5 Å². The highest BCUT2D eigenvalue weighted by Gasteiger charge is 2.43. The number of benzene rings is 1. The summed E-state index contributed by atoms with van der Waals surface area (Å²) in [4.78, 5) is 17.8. The van der Waals surface area contributed by atoms with Gasteiger partial charge in [-0.3, -0.25) is 4.79 Å². The lowest BCUT2D eigenvalue weighted by Gasteiger charge is -2.04. The van der Waals surface area contributed by atoms with Crippen molar-refractivity contribution in [2.45, 2.75) is 13.2 Å². The minimum Gasteiger partial charge on any atom is -0.395 e. The van der Waals surface area contributed by atoms with Crippen molar-refractivity contribution < 1.29 is 18.3 Å². The maximum atomic E-state index is 12.8. The summed E-state index contributed by atoms with van der Waals surface area (Å²) in [6, 6.07) is 2.56. The van der Waals surface area contributed by atoms with Crippen LogP contribution in [0.15, 0.2) is 16.9 Å². The molecular weight excluding hydrogens is 234 g/mol. The zero-order valence-corrected chi connectivity index (χ0v) is 8.58. The van der Waals surface area contributed by atoms with Crippen LogP contribution < -0.4 is 15.0 Å². The Morgan fingerprint density at radius 1 is 1.29 bits per heavy atom. The molecule has 2 heterocycles. The Morgan fingerprint density at radius 2 is 1.94 bits per heavy atom. The predicted octanol–water partition coefficient (Wildman–Crippen LogP) is 1.55. The number of aromatic amines is 1. The van der Waals surface area contributed by atoms with E-state index in [1.54, 1.807) is 0 Å². The number of halogens is 2. The van der Waals surface area contributed by atoms with Gasteiger partial charge in [-0.05, 0) is 6.92 Å². The van der Waals surface area contributed by atoms with Gasteiger partial charge in [-0.15, -0.1) is 8.78 Å². The van der Waals surface area contributed by atoms with E-state index in [0.29, 0.717) is 11.0 Å². The Bertz CT molecular complexity index is 681. The average molecular weight is 240 g/mol. The third-order valence-corrected chi connectivity index (χ3v) is 2.38. The molecular formula is C10H6F2N2O3. The highest BCUT2D eigenvalue weighted by molar-refractivity contribution is 5.79. The molecule has 1 aliphatic rings. The number of H-pyrrole nitrogens is 1. The van der Waals surface area contributed by atoms with E-state index in [2.05, 4.69) is 19.4 Å². The van der Waals surface area contributed by atoms with Gasteiger partial charge in [0, 0.05) is 12.1 Å². The standard InChI is InChI=1S/C10H6F2N2O3/c1-4-9(15)14-6-3-8-7(2-5(6)13-4)16-10(11,12)17-8/h2-3H,1H3,(H,14,15). The number of aromatic nitrogens is 2. The molecule has 17 heavy (non-hydrogen) atoms. The van der Waals surface area contributed by atoms with Crippen LogP contribution in [-0.4, -0.2) is 16.3 Å². The van der Waals surface area contributed by atoms with E-state index in [0.717, 1.165) is 0 Å². The molecule has 0 atom stereocenters. The fourth-order valence-corrected chi connectivity index (χ4v) is 1.62. The van der Waals surface area contributed by atoms with Gasteiger partial charge in [-0.25, -0.2) is 4.98 Å². The van der Waals surface area contributed by atoms with Gasteiger partial charge in [0.15, 0.2) is 11.5 Å². The number of nitrogens with zero attached hydrogens (tertiary/aromatic N) is 1. The number of fused-ring (bicyclic) bond motifs is 2. The number of hydrogen-bond donors (Lipinski definition) is 1. The number of nitrogens with one attached hydrogen (secondary N) is 1. The second-order valence-electron chi connectivity index (χ2n) is 3.63. The molecule has 1 aromatic heterocycles. The first kappa shape index (κ1) is 10.0. The lowest BCUT2D eigenvalue weighted by atomic mass is 10.2. The molecule has 1 aromatic carbocycles. The molecule has 0 amide bonds. The average Bonchev–Trinajstić information content (AvgIpc) is 2.50. The molecule has 0 spiro atoms. The van der Waals surface area contributed by atoms with Gasteiger partial charge in [0.1, 0.15) is 5.69 Å². The van der Waals surface area contributed by atoms with E-state index in [9.17, 15) is 13.6 Å². The third-order valence-electron chi connectivity index (χ3n) is 2.38. The van der Waals surface area contributed by atoms with Crippen molar-refractivity contribution >= 4 is 11.0 Å². The van der Waals surface area contributed by atoms with Gasteiger partial charge in [0.05, 0.1) is 11.0 Å². The predicted molar refractivity (Wildman–Crippen MR) is 53.3 cm³/mol. The molecule has 0 saturated heterocycles. The molecule has 0 radical (unpaired) electrons. The van der Waals surface area contributed by atoms with Crippen LogP contribution in [0, 0.1) is 6.92 Å². The maximum Gasteiger partial charge on any atom is 0.586 e. The van der Waals surface area contributed by atoms with Crippen molar-refractivity contribution in [2.75, 3.05) is 0 Å². The zero-order valence-electron chi connectivity index (χ0n) is 8.58. The van der Waals surface area contributed by atoms with Crippen molar-refractivity contribution in [1.29, 1.82) is 0 Å². The zero-order chi connectivity index (χ0) is 12.2. The highest BCUT2D eigenvalue weighted by atomic mass is 19.3. The SMILES string of the molecule is Cc1nc2cc3c(cc2[nH]c1=O)OC(F)(F)O3. The number of aryl methyl sites for hydroxylation is 1. The molecule has 7 heteroatoms. The number of rotatable bonds is 0. The molecule has 0 bridgehead atoms. The van der Waals surface area contributed by atoms with E-state index >= 15 is 0 Å². The number of alkyl halides is 2. The van der Waals surface area contributed by atoms with Crippen molar-refractivity contribution in [2.24, 2.45) is 0 Å². The minimum absolute atomic E-state index is 0.0959. The molecule has 0 saturated carbocycles. The highest BCUT2D eigenvalue weighted by Crippen LogP contribution is 2.42. The number of hydrogen-bond acceptors (Lipinski definition) is 4. The second-order valence-corrected chi connectivity index (χ2v) is 3.63. The summed E-state index contributed by atoms with van der Waals surface area (Å²) in [5.41, 5.74) is 0.564. The van der Waals surface area contributed by atoms with Crippen LogP contribution in [0.3, 0.4) is 0 Å². The lowest BCUT2D eigenvalue weighted by Crippen LogP contribution is -2.25. The van der Waals surface area contributed by atoms with E-state index in [-0.39, 0.29) is 22.8 Å². The van der Waals surface area contributed by atoms with Crippen LogP contribution in [0.5, 0.6) is 11.5 Å². The van der Waals surface area contributed by atoms with Crippen LogP contribution in [0.4, 0.5) is 8.78 Å². The molecule has 5 nitrogen and oxygen atoms in total. The van der Waals surface area contributed by atoms with E-state index in [4.69, 9.17) is 0 Å². The summed E-state index contributed by atoms with van der Waals surface area (Å²) in [5, 5.41) is 0. The Kier molecular flexibility index (Phi) is 1.73. The van der Waals surface area contributed by atoms with Crippen molar-refractivity contribution in [3.05, 3.63) is 28.2 Å². The Morgan fingerprint density at radius 3 is 2.65 bits per heavy atom. The first-order valence-electron chi connectivity index (χ1n) is 4.75. The van der Waals surface area contributed by atoms with Gasteiger partial charge >= 0.3 is 6.29 Å². The molecule has 88 valence electrons. The fourth-order valence-electron chi connectivity index (χ4n) is 1.62. The molecule has 2 aromatic rings. The van der Waals surface area contributed by atoms with Crippen molar-refractivity contribution in [1.82, 2.24) is 9.97 Å². The first-order valence-corrected chi connectivity index (χ1v) is 4.75. The quantitative estimate of drug-likeness (QED) is 0.758.